The van der Waals surface area contributed by atoms with Gasteiger partial charge in [-0.2, -0.15) is 0 Å². The summed E-state index contributed by atoms with van der Waals surface area (Å²) in [5.41, 5.74) is 7.50. The van der Waals surface area contributed by atoms with E-state index in [1.807, 2.05) is 24.3 Å². The standard InChI is InChI=1S/C14H17N3O2/c15-9-5-6-17(8-9)14(19)11-7-13(18)16-12-4-2-1-3-10(11)12/h1-4,9,11H,5-8,15H2,(H,16,18)/t9-,11?/m1/s1. The van der Waals surface area contributed by atoms with Crippen LogP contribution in [0.5, 0.6) is 0 Å². The molecule has 5 nitrogen and oxygen atoms in total. The second kappa shape index (κ2) is 4.66. The Morgan fingerprint density at radius 3 is 2.89 bits per heavy atom. The van der Waals surface area contributed by atoms with Gasteiger partial charge in [0.2, 0.25) is 11.8 Å². The van der Waals surface area contributed by atoms with Crippen molar-refractivity contribution in [2.24, 2.45) is 5.73 Å². The SMILES string of the molecule is N[C@@H]1CCN(C(=O)C2CC(=O)Nc3ccccc32)C1. The molecule has 0 spiro atoms. The number of hydrogen-bond donors (Lipinski definition) is 2. The number of rotatable bonds is 1. The van der Waals surface area contributed by atoms with Crippen LogP contribution in [0.3, 0.4) is 0 Å². The number of hydrogen-bond acceptors (Lipinski definition) is 3. The fraction of sp³-hybridized carbons (Fsp3) is 0.429. The molecule has 5 heteroatoms. The second-order valence-electron chi connectivity index (χ2n) is 5.23. The highest BCUT2D eigenvalue weighted by atomic mass is 16.2. The molecular formula is C14H17N3O2. The minimum atomic E-state index is -0.366. The van der Waals surface area contributed by atoms with E-state index in [1.54, 1.807) is 4.90 Å². The summed E-state index contributed by atoms with van der Waals surface area (Å²) in [6.07, 6.45) is 1.06. The number of carbonyl (C=O) groups is 2. The van der Waals surface area contributed by atoms with Crippen LogP contribution in [0, 0.1) is 0 Å². The molecule has 1 aromatic rings. The smallest absolute Gasteiger partial charge is 0.230 e. The summed E-state index contributed by atoms with van der Waals surface area (Å²) in [4.78, 5) is 26.0. The predicted octanol–water partition coefficient (Wildman–Crippen LogP) is 0.672. The molecule has 3 N–H and O–H groups in total. The zero-order valence-corrected chi connectivity index (χ0v) is 10.6. The number of anilines is 1. The molecule has 2 heterocycles. The molecular weight excluding hydrogens is 242 g/mol. The lowest BCUT2D eigenvalue weighted by Gasteiger charge is -2.28. The van der Waals surface area contributed by atoms with Crippen LogP contribution in [0.25, 0.3) is 0 Å². The van der Waals surface area contributed by atoms with Gasteiger partial charge in [0, 0.05) is 31.2 Å². The molecule has 3 rings (SSSR count). The Balaban J connectivity index is 1.88. The normalized spacial score (nSPS) is 25.9. The minimum Gasteiger partial charge on any atom is -0.341 e. The first-order valence-corrected chi connectivity index (χ1v) is 6.58. The Kier molecular flexibility index (Phi) is 2.98. The summed E-state index contributed by atoms with van der Waals surface area (Å²) in [6.45, 7) is 1.29. The average molecular weight is 259 g/mol. The van der Waals surface area contributed by atoms with Crippen LogP contribution in [0.15, 0.2) is 24.3 Å². The lowest BCUT2D eigenvalue weighted by atomic mass is 9.89. The van der Waals surface area contributed by atoms with E-state index in [1.165, 1.54) is 0 Å². The van der Waals surface area contributed by atoms with E-state index in [0.29, 0.717) is 13.1 Å². The number of fused-ring (bicyclic) bond motifs is 1. The van der Waals surface area contributed by atoms with Crippen LogP contribution in [-0.2, 0) is 9.59 Å². The van der Waals surface area contributed by atoms with Gasteiger partial charge >= 0.3 is 0 Å². The van der Waals surface area contributed by atoms with Crippen molar-refractivity contribution < 1.29 is 9.59 Å². The Labute approximate surface area is 111 Å². The van der Waals surface area contributed by atoms with Crippen molar-refractivity contribution in [3.63, 3.8) is 0 Å². The van der Waals surface area contributed by atoms with E-state index >= 15 is 0 Å². The van der Waals surface area contributed by atoms with Crippen molar-refractivity contribution in [1.82, 2.24) is 4.90 Å². The molecule has 0 saturated carbocycles. The highest BCUT2D eigenvalue weighted by molar-refractivity contribution is 6.01. The third kappa shape index (κ3) is 2.21. The van der Waals surface area contributed by atoms with Gasteiger partial charge in [-0.15, -0.1) is 0 Å². The van der Waals surface area contributed by atoms with E-state index < -0.39 is 0 Å². The molecule has 1 unspecified atom stereocenters. The van der Waals surface area contributed by atoms with Gasteiger partial charge in [0.15, 0.2) is 0 Å². The monoisotopic (exact) mass is 259 g/mol. The van der Waals surface area contributed by atoms with Crippen LogP contribution < -0.4 is 11.1 Å². The van der Waals surface area contributed by atoms with Crippen molar-refractivity contribution >= 4 is 17.5 Å². The molecule has 0 aliphatic carbocycles. The van der Waals surface area contributed by atoms with Gasteiger partial charge in [-0.05, 0) is 18.1 Å². The van der Waals surface area contributed by atoms with Crippen LogP contribution in [0.4, 0.5) is 5.69 Å². The van der Waals surface area contributed by atoms with E-state index in [0.717, 1.165) is 17.7 Å². The Bertz CT molecular complexity index is 529. The molecule has 100 valence electrons. The third-order valence-electron chi connectivity index (χ3n) is 3.83. The zero-order valence-electron chi connectivity index (χ0n) is 10.6. The third-order valence-corrected chi connectivity index (χ3v) is 3.83. The number of amides is 2. The predicted molar refractivity (Wildman–Crippen MR) is 71.6 cm³/mol. The van der Waals surface area contributed by atoms with Gasteiger partial charge in [-0.25, -0.2) is 0 Å². The second-order valence-corrected chi connectivity index (χ2v) is 5.23. The highest BCUT2D eigenvalue weighted by Crippen LogP contribution is 2.33. The maximum atomic E-state index is 12.5. The number of nitrogens with zero attached hydrogens (tertiary/aromatic N) is 1. The number of likely N-dealkylation sites (tertiary alicyclic amines) is 1. The fourth-order valence-corrected chi connectivity index (χ4v) is 2.84. The highest BCUT2D eigenvalue weighted by Gasteiger charge is 2.35. The molecule has 2 aliphatic rings. The van der Waals surface area contributed by atoms with Crippen LogP contribution in [-0.4, -0.2) is 35.8 Å². The van der Waals surface area contributed by atoms with Gasteiger partial charge in [0.25, 0.3) is 0 Å². The fourth-order valence-electron chi connectivity index (χ4n) is 2.84. The Hall–Kier alpha value is -1.88. The average Bonchev–Trinajstić information content (AvgIpc) is 2.83. The minimum absolute atomic E-state index is 0.0234. The Morgan fingerprint density at radius 1 is 1.37 bits per heavy atom. The van der Waals surface area contributed by atoms with Crippen molar-refractivity contribution in [3.05, 3.63) is 29.8 Å². The van der Waals surface area contributed by atoms with Crippen LogP contribution in [0.2, 0.25) is 0 Å². The van der Waals surface area contributed by atoms with Crippen molar-refractivity contribution in [3.8, 4) is 0 Å². The van der Waals surface area contributed by atoms with E-state index in [9.17, 15) is 9.59 Å². The molecule has 2 atom stereocenters. The summed E-state index contributed by atoms with van der Waals surface area (Å²) in [5.74, 6) is -0.439. The first-order valence-electron chi connectivity index (χ1n) is 6.58. The van der Waals surface area contributed by atoms with Gasteiger partial charge < -0.3 is 16.0 Å². The quantitative estimate of drug-likeness (QED) is 0.778. The number of benzene rings is 1. The summed E-state index contributed by atoms with van der Waals surface area (Å²) in [5, 5.41) is 2.81. The van der Waals surface area contributed by atoms with Gasteiger partial charge in [0.05, 0.1) is 5.92 Å². The van der Waals surface area contributed by atoms with Crippen molar-refractivity contribution in [1.29, 1.82) is 0 Å². The maximum absolute atomic E-state index is 12.5. The lowest BCUT2D eigenvalue weighted by Crippen LogP contribution is -2.38. The molecule has 1 aromatic carbocycles. The topological polar surface area (TPSA) is 75.4 Å². The summed E-state index contributed by atoms with van der Waals surface area (Å²) < 4.78 is 0. The molecule has 2 amide bonds. The van der Waals surface area contributed by atoms with E-state index in [2.05, 4.69) is 5.32 Å². The van der Waals surface area contributed by atoms with Crippen molar-refractivity contribution in [2.75, 3.05) is 18.4 Å². The molecule has 1 fully saturated rings. The molecule has 0 bridgehead atoms. The molecule has 19 heavy (non-hydrogen) atoms. The van der Waals surface area contributed by atoms with E-state index in [4.69, 9.17) is 5.73 Å². The molecule has 0 radical (unpaired) electrons. The number of para-hydroxylation sites is 1. The summed E-state index contributed by atoms with van der Waals surface area (Å²) >= 11 is 0. The molecule has 1 saturated heterocycles. The van der Waals surface area contributed by atoms with Gasteiger partial charge in [-0.1, -0.05) is 18.2 Å². The number of carbonyl (C=O) groups excluding carboxylic acids is 2. The Morgan fingerprint density at radius 2 is 2.16 bits per heavy atom. The zero-order chi connectivity index (χ0) is 13.4. The number of nitrogens with two attached hydrogens (primary N) is 1. The van der Waals surface area contributed by atoms with Gasteiger partial charge in [-0.3, -0.25) is 9.59 Å². The first-order chi connectivity index (χ1) is 9.15. The largest absolute Gasteiger partial charge is 0.341 e. The van der Waals surface area contributed by atoms with Crippen LogP contribution >= 0.6 is 0 Å². The maximum Gasteiger partial charge on any atom is 0.230 e. The number of nitrogens with one attached hydrogen (secondary N) is 1. The van der Waals surface area contributed by atoms with Crippen molar-refractivity contribution in [2.45, 2.75) is 24.8 Å². The summed E-state index contributed by atoms with van der Waals surface area (Å²) in [7, 11) is 0. The summed E-state index contributed by atoms with van der Waals surface area (Å²) in [6, 6.07) is 7.57. The molecule has 2 aliphatic heterocycles. The van der Waals surface area contributed by atoms with Gasteiger partial charge in [0.1, 0.15) is 0 Å². The first kappa shape index (κ1) is 12.2. The van der Waals surface area contributed by atoms with E-state index in [-0.39, 0.29) is 30.2 Å². The lowest BCUT2D eigenvalue weighted by molar-refractivity contribution is -0.134. The van der Waals surface area contributed by atoms with Crippen LogP contribution in [0.1, 0.15) is 24.3 Å². The molecule has 0 aromatic heterocycles.